The molecule has 16 heavy (non-hydrogen) atoms. The molecule has 0 radical (unpaired) electrons. The van der Waals surface area contributed by atoms with E-state index in [9.17, 15) is 0 Å². The summed E-state index contributed by atoms with van der Waals surface area (Å²) >= 11 is 5.79. The average Bonchev–Trinajstić information content (AvgIpc) is 2.20. The minimum absolute atomic E-state index is 0.595. The Labute approximate surface area is 101 Å². The molecule has 0 unspecified atom stereocenters. The van der Waals surface area contributed by atoms with E-state index in [1.807, 2.05) is 13.0 Å². The fourth-order valence-corrected chi connectivity index (χ4v) is 1.38. The van der Waals surface area contributed by atoms with E-state index in [2.05, 4.69) is 11.9 Å². The molecule has 3 nitrogen and oxygen atoms in total. The quantitative estimate of drug-likeness (QED) is 0.457. The molecule has 0 aliphatic rings. The third-order valence-electron chi connectivity index (χ3n) is 1.92. The molecule has 4 heteroatoms. The van der Waals surface area contributed by atoms with Crippen LogP contribution in [-0.4, -0.2) is 19.8 Å². The van der Waals surface area contributed by atoms with Crippen LogP contribution in [0.15, 0.2) is 30.4 Å². The van der Waals surface area contributed by atoms with Crippen LogP contribution < -0.4 is 11.1 Å². The molecule has 0 saturated heterocycles. The Hall–Kier alpha value is -1.19. The summed E-state index contributed by atoms with van der Waals surface area (Å²) in [4.78, 5) is 0. The van der Waals surface area contributed by atoms with Crippen LogP contribution in [0.2, 0.25) is 5.02 Å². The summed E-state index contributed by atoms with van der Waals surface area (Å²) in [7, 11) is 0. The van der Waals surface area contributed by atoms with Crippen LogP contribution in [0.3, 0.4) is 0 Å². The highest BCUT2D eigenvalue weighted by atomic mass is 35.5. The van der Waals surface area contributed by atoms with Gasteiger partial charge in [0.25, 0.3) is 0 Å². The van der Waals surface area contributed by atoms with E-state index < -0.39 is 0 Å². The van der Waals surface area contributed by atoms with Crippen molar-refractivity contribution in [3.8, 4) is 0 Å². The number of halogens is 1. The van der Waals surface area contributed by atoms with Crippen molar-refractivity contribution in [1.29, 1.82) is 0 Å². The minimum atomic E-state index is 0.595. The topological polar surface area (TPSA) is 47.3 Å². The Morgan fingerprint density at radius 2 is 2.31 bits per heavy atom. The number of anilines is 2. The summed E-state index contributed by atoms with van der Waals surface area (Å²) in [6.07, 6.45) is 0. The molecule has 0 amide bonds. The van der Waals surface area contributed by atoms with Gasteiger partial charge in [-0.15, -0.1) is 0 Å². The SMILES string of the molecule is C=C(C)COCCNc1ccc(Cl)cc1N. The number of ether oxygens (including phenoxy) is 1. The Kier molecular flexibility index (Phi) is 5.15. The average molecular weight is 241 g/mol. The maximum Gasteiger partial charge on any atom is 0.0672 e. The monoisotopic (exact) mass is 240 g/mol. The third-order valence-corrected chi connectivity index (χ3v) is 2.16. The van der Waals surface area contributed by atoms with Gasteiger partial charge in [-0.2, -0.15) is 0 Å². The largest absolute Gasteiger partial charge is 0.397 e. The lowest BCUT2D eigenvalue weighted by molar-refractivity contribution is 0.167. The van der Waals surface area contributed by atoms with Gasteiger partial charge in [0.15, 0.2) is 0 Å². The number of nitrogen functional groups attached to an aromatic ring is 1. The highest BCUT2D eigenvalue weighted by Gasteiger charge is 1.98. The normalized spacial score (nSPS) is 10.1. The van der Waals surface area contributed by atoms with E-state index in [4.69, 9.17) is 22.1 Å². The first-order valence-corrected chi connectivity index (χ1v) is 5.48. The molecule has 0 atom stereocenters. The first-order valence-electron chi connectivity index (χ1n) is 5.10. The summed E-state index contributed by atoms with van der Waals surface area (Å²) in [5, 5.41) is 3.82. The molecule has 3 N–H and O–H groups in total. The van der Waals surface area contributed by atoms with Gasteiger partial charge in [0.05, 0.1) is 24.6 Å². The number of hydrogen-bond acceptors (Lipinski definition) is 3. The van der Waals surface area contributed by atoms with Crippen molar-refractivity contribution in [2.24, 2.45) is 0 Å². The molecule has 0 saturated carbocycles. The molecule has 0 bridgehead atoms. The first kappa shape index (κ1) is 12.9. The van der Waals surface area contributed by atoms with Crippen LogP contribution in [0.4, 0.5) is 11.4 Å². The van der Waals surface area contributed by atoms with E-state index in [1.165, 1.54) is 0 Å². The van der Waals surface area contributed by atoms with E-state index in [1.54, 1.807) is 12.1 Å². The summed E-state index contributed by atoms with van der Waals surface area (Å²) in [6.45, 7) is 7.61. The highest BCUT2D eigenvalue weighted by molar-refractivity contribution is 6.31. The molecule has 1 rings (SSSR count). The van der Waals surface area contributed by atoms with Gasteiger partial charge in [0, 0.05) is 11.6 Å². The first-order chi connectivity index (χ1) is 7.59. The lowest BCUT2D eigenvalue weighted by atomic mass is 10.2. The number of rotatable bonds is 6. The van der Waals surface area contributed by atoms with Gasteiger partial charge in [-0.05, 0) is 25.1 Å². The third kappa shape index (κ3) is 4.55. The van der Waals surface area contributed by atoms with Crippen LogP contribution in [-0.2, 0) is 4.74 Å². The fraction of sp³-hybridized carbons (Fsp3) is 0.333. The summed E-state index contributed by atoms with van der Waals surface area (Å²) in [5.41, 5.74) is 8.33. The van der Waals surface area contributed by atoms with Gasteiger partial charge >= 0.3 is 0 Å². The fourth-order valence-electron chi connectivity index (χ4n) is 1.20. The summed E-state index contributed by atoms with van der Waals surface area (Å²) < 4.78 is 5.35. The Morgan fingerprint density at radius 3 is 2.94 bits per heavy atom. The molecule has 1 aromatic carbocycles. The molecule has 0 spiro atoms. The molecule has 1 aromatic rings. The predicted octanol–water partition coefficient (Wildman–Crippen LogP) is 2.93. The zero-order chi connectivity index (χ0) is 12.0. The van der Waals surface area contributed by atoms with Crippen molar-refractivity contribution >= 4 is 23.0 Å². The molecule has 0 aliphatic carbocycles. The van der Waals surface area contributed by atoms with Crippen molar-refractivity contribution in [3.05, 3.63) is 35.4 Å². The maximum atomic E-state index is 5.79. The van der Waals surface area contributed by atoms with Crippen molar-refractivity contribution in [2.75, 3.05) is 30.8 Å². The van der Waals surface area contributed by atoms with E-state index >= 15 is 0 Å². The second kappa shape index (κ2) is 6.40. The van der Waals surface area contributed by atoms with E-state index in [0.717, 1.165) is 11.3 Å². The molecular formula is C12H17ClN2O. The van der Waals surface area contributed by atoms with Crippen molar-refractivity contribution in [3.63, 3.8) is 0 Å². The molecule has 88 valence electrons. The standard InChI is InChI=1S/C12H17ClN2O/c1-9(2)8-16-6-5-15-12-4-3-10(13)7-11(12)14/h3-4,7,15H,1,5-6,8,14H2,2H3. The summed E-state index contributed by atoms with van der Waals surface area (Å²) in [5.74, 6) is 0. The number of nitrogens with two attached hydrogens (primary N) is 1. The predicted molar refractivity (Wildman–Crippen MR) is 70.0 cm³/mol. The summed E-state index contributed by atoms with van der Waals surface area (Å²) in [6, 6.07) is 5.38. The van der Waals surface area contributed by atoms with Crippen LogP contribution in [0.25, 0.3) is 0 Å². The van der Waals surface area contributed by atoms with Gasteiger partial charge in [0.2, 0.25) is 0 Å². The van der Waals surface area contributed by atoms with Crippen LogP contribution in [0, 0.1) is 0 Å². The second-order valence-corrected chi connectivity index (χ2v) is 4.10. The number of benzene rings is 1. The number of hydrogen-bond donors (Lipinski definition) is 2. The molecule has 0 aliphatic heterocycles. The smallest absolute Gasteiger partial charge is 0.0672 e. The molecule has 0 heterocycles. The van der Waals surface area contributed by atoms with Crippen molar-refractivity contribution < 1.29 is 4.74 Å². The van der Waals surface area contributed by atoms with Gasteiger partial charge in [-0.1, -0.05) is 23.8 Å². The zero-order valence-corrected chi connectivity index (χ0v) is 10.2. The highest BCUT2D eigenvalue weighted by Crippen LogP contribution is 2.22. The Bertz CT molecular complexity index is 366. The maximum absolute atomic E-state index is 5.79. The van der Waals surface area contributed by atoms with Crippen LogP contribution in [0.1, 0.15) is 6.92 Å². The van der Waals surface area contributed by atoms with Gasteiger partial charge in [-0.3, -0.25) is 0 Å². The van der Waals surface area contributed by atoms with Gasteiger partial charge < -0.3 is 15.8 Å². The molecule has 0 aromatic heterocycles. The van der Waals surface area contributed by atoms with Crippen LogP contribution in [0.5, 0.6) is 0 Å². The minimum Gasteiger partial charge on any atom is -0.397 e. The molecule has 0 fully saturated rings. The Morgan fingerprint density at radius 1 is 1.56 bits per heavy atom. The van der Waals surface area contributed by atoms with E-state index in [0.29, 0.717) is 30.5 Å². The van der Waals surface area contributed by atoms with Gasteiger partial charge in [0.1, 0.15) is 0 Å². The zero-order valence-electron chi connectivity index (χ0n) is 9.42. The molecular weight excluding hydrogens is 224 g/mol. The Balaban J connectivity index is 2.29. The number of nitrogens with one attached hydrogen (secondary N) is 1. The van der Waals surface area contributed by atoms with Crippen molar-refractivity contribution in [2.45, 2.75) is 6.92 Å². The lowest BCUT2D eigenvalue weighted by Gasteiger charge is -2.09. The van der Waals surface area contributed by atoms with E-state index in [-0.39, 0.29) is 0 Å². The lowest BCUT2D eigenvalue weighted by Crippen LogP contribution is -2.11. The second-order valence-electron chi connectivity index (χ2n) is 3.67. The van der Waals surface area contributed by atoms with Crippen molar-refractivity contribution in [1.82, 2.24) is 0 Å². The van der Waals surface area contributed by atoms with Gasteiger partial charge in [-0.25, -0.2) is 0 Å². The van der Waals surface area contributed by atoms with Crippen LogP contribution >= 0.6 is 11.6 Å².